The molecule has 1 aliphatic rings. The van der Waals surface area contributed by atoms with Crippen molar-refractivity contribution in [2.45, 2.75) is 37.7 Å². The number of carbonyl (C=O) groups excluding carboxylic acids is 1. The lowest BCUT2D eigenvalue weighted by atomic mass is 9.85. The van der Waals surface area contributed by atoms with E-state index in [4.69, 9.17) is 0 Å². The molecule has 2 nitrogen and oxygen atoms in total. The van der Waals surface area contributed by atoms with E-state index >= 15 is 0 Å². The number of carbonyl (C=O) groups is 1. The molecule has 0 bridgehead atoms. The van der Waals surface area contributed by atoms with Gasteiger partial charge in [-0.3, -0.25) is 4.79 Å². The summed E-state index contributed by atoms with van der Waals surface area (Å²) in [7, 11) is 0. The molecule has 0 spiro atoms. The topological polar surface area (TPSA) is 37.3 Å². The Morgan fingerprint density at radius 3 is 2.54 bits per heavy atom. The minimum absolute atomic E-state index is 0.680. The summed E-state index contributed by atoms with van der Waals surface area (Å²) in [6.45, 7) is 0. The van der Waals surface area contributed by atoms with Crippen LogP contribution >= 0.6 is 0 Å². The third-order valence-corrected chi connectivity index (χ3v) is 2.24. The zero-order chi connectivity index (χ0) is 9.57. The van der Waals surface area contributed by atoms with Crippen LogP contribution in [0.3, 0.4) is 0 Å². The van der Waals surface area contributed by atoms with Crippen molar-refractivity contribution >= 4 is 6.29 Å². The minimum atomic E-state index is -0.800. The smallest absolute Gasteiger partial charge is 0.143 e. The maximum absolute atomic E-state index is 9.92. The van der Waals surface area contributed by atoms with Gasteiger partial charge in [0.15, 0.2) is 0 Å². The summed E-state index contributed by atoms with van der Waals surface area (Å²) in [6, 6.07) is 0. The Balaban J connectivity index is 2.51. The highest BCUT2D eigenvalue weighted by atomic mass is 16.3. The fourth-order valence-corrected chi connectivity index (χ4v) is 1.53. The second kappa shape index (κ2) is 4.84. The molecular weight excluding hydrogens is 164 g/mol. The maximum atomic E-state index is 9.92. The molecule has 1 fully saturated rings. The number of hydrogen-bond acceptors (Lipinski definition) is 2. The summed E-state index contributed by atoms with van der Waals surface area (Å²) in [4.78, 5) is 9.92. The fourth-order valence-electron chi connectivity index (χ4n) is 1.53. The highest BCUT2D eigenvalue weighted by Crippen LogP contribution is 2.26. The maximum Gasteiger partial charge on any atom is 0.143 e. The van der Waals surface area contributed by atoms with Gasteiger partial charge < -0.3 is 5.11 Å². The number of aldehydes is 1. The molecule has 0 unspecified atom stereocenters. The van der Waals surface area contributed by atoms with Crippen molar-refractivity contribution < 1.29 is 9.90 Å². The molecule has 70 valence electrons. The quantitative estimate of drug-likeness (QED) is 0.375. The van der Waals surface area contributed by atoms with Gasteiger partial charge in [-0.2, -0.15) is 0 Å². The molecule has 1 aliphatic carbocycles. The number of aliphatic hydroxyl groups is 1. The van der Waals surface area contributed by atoms with Gasteiger partial charge in [-0.15, -0.1) is 0 Å². The van der Waals surface area contributed by atoms with Crippen molar-refractivity contribution in [1.29, 1.82) is 0 Å². The predicted molar refractivity (Wildman–Crippen MR) is 51.0 cm³/mol. The Bertz CT molecular complexity index is 249. The van der Waals surface area contributed by atoms with Crippen molar-refractivity contribution in [3.05, 3.63) is 12.2 Å². The summed E-state index contributed by atoms with van der Waals surface area (Å²) >= 11 is 0. The van der Waals surface area contributed by atoms with Crippen LogP contribution in [0.5, 0.6) is 0 Å². The minimum Gasteiger partial charge on any atom is -0.378 e. The summed E-state index contributed by atoms with van der Waals surface area (Å²) in [6.07, 6.45) is 8.28. The van der Waals surface area contributed by atoms with Crippen LogP contribution in [-0.4, -0.2) is 17.0 Å². The molecule has 0 radical (unpaired) electrons. The second-order valence-electron chi connectivity index (χ2n) is 3.36. The van der Waals surface area contributed by atoms with Crippen LogP contribution in [0.4, 0.5) is 0 Å². The Morgan fingerprint density at radius 2 is 1.92 bits per heavy atom. The standard InChI is InChI=1S/C11H14O2/c12-10-6-2-5-9-11(13)7-3-1-4-8-11/h2,6,10,13H,1,3-4,7-8H2/b6-2+. The van der Waals surface area contributed by atoms with Crippen LogP contribution in [0.15, 0.2) is 12.2 Å². The van der Waals surface area contributed by atoms with E-state index in [-0.39, 0.29) is 0 Å². The van der Waals surface area contributed by atoms with Gasteiger partial charge in [-0.25, -0.2) is 0 Å². The normalized spacial score (nSPS) is 20.7. The van der Waals surface area contributed by atoms with Crippen LogP contribution in [-0.2, 0) is 4.79 Å². The average molecular weight is 178 g/mol. The van der Waals surface area contributed by atoms with Crippen LogP contribution in [0.1, 0.15) is 32.1 Å². The fraction of sp³-hybridized carbons (Fsp3) is 0.545. The highest BCUT2D eigenvalue weighted by Gasteiger charge is 2.26. The molecule has 0 atom stereocenters. The summed E-state index contributed by atoms with van der Waals surface area (Å²) in [5.74, 6) is 5.48. The zero-order valence-corrected chi connectivity index (χ0v) is 7.62. The van der Waals surface area contributed by atoms with E-state index in [0.29, 0.717) is 6.29 Å². The molecule has 0 aliphatic heterocycles. The molecule has 0 aromatic carbocycles. The lowest BCUT2D eigenvalue weighted by Crippen LogP contribution is -2.29. The first-order valence-corrected chi connectivity index (χ1v) is 4.62. The molecule has 1 saturated carbocycles. The van der Waals surface area contributed by atoms with Crippen molar-refractivity contribution in [2.75, 3.05) is 0 Å². The molecule has 0 aromatic rings. The first-order chi connectivity index (χ1) is 6.27. The zero-order valence-electron chi connectivity index (χ0n) is 7.62. The summed E-state index contributed by atoms with van der Waals surface area (Å²) in [5, 5.41) is 9.87. The van der Waals surface area contributed by atoms with E-state index < -0.39 is 5.60 Å². The second-order valence-corrected chi connectivity index (χ2v) is 3.36. The lowest BCUT2D eigenvalue weighted by Gasteiger charge is -2.26. The van der Waals surface area contributed by atoms with Crippen molar-refractivity contribution in [3.63, 3.8) is 0 Å². The monoisotopic (exact) mass is 178 g/mol. The predicted octanol–water partition coefficient (Wildman–Crippen LogP) is 1.44. The van der Waals surface area contributed by atoms with Crippen molar-refractivity contribution in [2.24, 2.45) is 0 Å². The average Bonchev–Trinajstić information content (AvgIpc) is 2.14. The van der Waals surface area contributed by atoms with Gasteiger partial charge in [0.05, 0.1) is 0 Å². The van der Waals surface area contributed by atoms with Crippen LogP contribution < -0.4 is 0 Å². The number of hydrogen-bond donors (Lipinski definition) is 1. The molecular formula is C11H14O2. The van der Waals surface area contributed by atoms with Gasteiger partial charge in [0, 0.05) is 0 Å². The highest BCUT2D eigenvalue weighted by molar-refractivity contribution is 5.65. The molecule has 0 amide bonds. The van der Waals surface area contributed by atoms with E-state index in [1.54, 1.807) is 0 Å². The lowest BCUT2D eigenvalue weighted by molar-refractivity contribution is -0.104. The third kappa shape index (κ3) is 3.43. The molecule has 0 heterocycles. The van der Waals surface area contributed by atoms with Crippen LogP contribution in [0.2, 0.25) is 0 Å². The van der Waals surface area contributed by atoms with Crippen LogP contribution in [0.25, 0.3) is 0 Å². The first kappa shape index (κ1) is 10.0. The van der Waals surface area contributed by atoms with E-state index in [9.17, 15) is 9.90 Å². The van der Waals surface area contributed by atoms with Crippen LogP contribution in [0, 0.1) is 11.8 Å². The molecule has 0 saturated heterocycles. The Hall–Kier alpha value is -1.07. The van der Waals surface area contributed by atoms with Gasteiger partial charge >= 0.3 is 0 Å². The summed E-state index contributed by atoms with van der Waals surface area (Å²) in [5.41, 5.74) is -0.800. The molecule has 1 rings (SSSR count). The van der Waals surface area contributed by atoms with E-state index in [0.717, 1.165) is 25.7 Å². The van der Waals surface area contributed by atoms with Gasteiger partial charge in [0.2, 0.25) is 0 Å². The molecule has 0 aromatic heterocycles. The third-order valence-electron chi connectivity index (χ3n) is 2.24. The summed E-state index contributed by atoms with van der Waals surface area (Å²) < 4.78 is 0. The Morgan fingerprint density at radius 1 is 1.23 bits per heavy atom. The van der Waals surface area contributed by atoms with Crippen molar-refractivity contribution in [1.82, 2.24) is 0 Å². The number of allylic oxidation sites excluding steroid dienone is 2. The van der Waals surface area contributed by atoms with Crippen molar-refractivity contribution in [3.8, 4) is 11.8 Å². The van der Waals surface area contributed by atoms with Gasteiger partial charge in [0.1, 0.15) is 11.9 Å². The van der Waals surface area contributed by atoms with E-state index in [2.05, 4.69) is 11.8 Å². The number of rotatable bonds is 1. The van der Waals surface area contributed by atoms with E-state index in [1.165, 1.54) is 18.6 Å². The first-order valence-electron chi connectivity index (χ1n) is 4.62. The van der Waals surface area contributed by atoms with Gasteiger partial charge in [0.25, 0.3) is 0 Å². The SMILES string of the molecule is O=C/C=C/C#CC1(O)CCCCC1. The molecule has 1 N–H and O–H groups in total. The molecule has 13 heavy (non-hydrogen) atoms. The van der Waals surface area contributed by atoms with E-state index in [1.807, 2.05) is 0 Å². The Kier molecular flexibility index (Phi) is 3.72. The largest absolute Gasteiger partial charge is 0.378 e. The Labute approximate surface area is 78.6 Å². The molecule has 2 heteroatoms. The van der Waals surface area contributed by atoms with Gasteiger partial charge in [-0.1, -0.05) is 18.3 Å². The van der Waals surface area contributed by atoms with Gasteiger partial charge in [-0.05, 0) is 37.8 Å².